The molecule has 0 atom stereocenters. The molecule has 19 heavy (non-hydrogen) atoms. The lowest BCUT2D eigenvalue weighted by atomic mass is 10.1. The lowest BCUT2D eigenvalue weighted by Gasteiger charge is -2.24. The molecule has 0 aliphatic carbocycles. The first-order chi connectivity index (χ1) is 9.01. The van der Waals surface area contributed by atoms with Gasteiger partial charge in [-0.05, 0) is 31.0 Å². The molecule has 0 unspecified atom stereocenters. The van der Waals surface area contributed by atoms with Gasteiger partial charge < -0.3 is 0 Å². The van der Waals surface area contributed by atoms with Gasteiger partial charge in [-0.3, -0.25) is 0 Å². The molecule has 3 nitrogen and oxygen atoms in total. The van der Waals surface area contributed by atoms with Crippen LogP contribution in [0.1, 0.15) is 32.1 Å². The maximum Gasteiger partial charge on any atom is 0.244 e. The normalized spacial score (nSPS) is 18.8. The summed E-state index contributed by atoms with van der Waals surface area (Å²) in [6, 6.07) is 4.90. The number of hydrogen-bond donors (Lipinski definition) is 0. The van der Waals surface area contributed by atoms with Crippen molar-refractivity contribution in [3.8, 4) is 0 Å². The number of benzene rings is 1. The van der Waals surface area contributed by atoms with Gasteiger partial charge >= 0.3 is 0 Å². The first-order valence-electron chi connectivity index (χ1n) is 6.47. The summed E-state index contributed by atoms with van der Waals surface area (Å²) in [5.41, 5.74) is 0. The molecule has 1 saturated heterocycles. The van der Waals surface area contributed by atoms with Gasteiger partial charge in [-0.25, -0.2) is 8.42 Å². The van der Waals surface area contributed by atoms with Crippen LogP contribution in [0, 0.1) is 0 Å². The molecule has 1 fully saturated rings. The maximum atomic E-state index is 12.6. The van der Waals surface area contributed by atoms with Crippen molar-refractivity contribution in [2.45, 2.75) is 37.0 Å². The molecule has 0 bridgehead atoms. The highest BCUT2D eigenvalue weighted by molar-refractivity contribution is 9.10. The van der Waals surface area contributed by atoms with Gasteiger partial charge in [0.15, 0.2) is 0 Å². The van der Waals surface area contributed by atoms with Crippen LogP contribution in [0.5, 0.6) is 0 Å². The summed E-state index contributed by atoms with van der Waals surface area (Å²) in [5.74, 6) is 0. The number of nitrogens with zero attached hydrogens (tertiary/aromatic N) is 1. The number of sulfonamides is 1. The van der Waals surface area contributed by atoms with Crippen molar-refractivity contribution in [2.24, 2.45) is 0 Å². The first-order valence-corrected chi connectivity index (χ1v) is 9.08. The third-order valence-corrected chi connectivity index (χ3v) is 6.20. The lowest BCUT2D eigenvalue weighted by Crippen LogP contribution is -2.34. The summed E-state index contributed by atoms with van der Waals surface area (Å²) < 4.78 is 27.6. The molecule has 0 aromatic heterocycles. The molecule has 0 N–H and O–H groups in total. The van der Waals surface area contributed by atoms with Gasteiger partial charge in [0.05, 0.1) is 5.02 Å². The van der Waals surface area contributed by atoms with Gasteiger partial charge in [0, 0.05) is 17.6 Å². The van der Waals surface area contributed by atoms with Gasteiger partial charge in [0.25, 0.3) is 0 Å². The molecule has 0 spiro atoms. The van der Waals surface area contributed by atoms with Gasteiger partial charge in [-0.1, -0.05) is 46.8 Å². The minimum absolute atomic E-state index is 0.206. The van der Waals surface area contributed by atoms with E-state index in [-0.39, 0.29) is 9.92 Å². The summed E-state index contributed by atoms with van der Waals surface area (Å²) in [6.07, 6.45) is 5.24. The van der Waals surface area contributed by atoms with E-state index in [1.165, 1.54) is 6.42 Å². The Morgan fingerprint density at radius 1 is 1.05 bits per heavy atom. The second-order valence-electron chi connectivity index (χ2n) is 4.75. The van der Waals surface area contributed by atoms with Crippen molar-refractivity contribution >= 4 is 37.6 Å². The molecule has 1 aromatic rings. The van der Waals surface area contributed by atoms with E-state index in [2.05, 4.69) is 15.9 Å². The van der Waals surface area contributed by atoms with Crippen LogP contribution in [-0.4, -0.2) is 25.8 Å². The molecule has 0 amide bonds. The zero-order valence-electron chi connectivity index (χ0n) is 10.6. The van der Waals surface area contributed by atoms with Crippen molar-refractivity contribution in [1.29, 1.82) is 0 Å². The Balaban J connectivity index is 2.29. The Bertz CT molecular complexity index is 540. The Kier molecular flexibility index (Phi) is 5.29. The van der Waals surface area contributed by atoms with E-state index in [4.69, 9.17) is 11.6 Å². The quantitative estimate of drug-likeness (QED) is 0.791. The second-order valence-corrected chi connectivity index (χ2v) is 7.98. The average molecular weight is 367 g/mol. The Morgan fingerprint density at radius 2 is 1.63 bits per heavy atom. The predicted molar refractivity (Wildman–Crippen MR) is 81.0 cm³/mol. The van der Waals surface area contributed by atoms with Crippen molar-refractivity contribution in [2.75, 3.05) is 13.1 Å². The van der Waals surface area contributed by atoms with Gasteiger partial charge in [0.2, 0.25) is 10.0 Å². The minimum atomic E-state index is -3.47. The highest BCUT2D eigenvalue weighted by Gasteiger charge is 2.26. The molecule has 2 rings (SSSR count). The highest BCUT2D eigenvalue weighted by Crippen LogP contribution is 2.28. The Morgan fingerprint density at radius 3 is 2.21 bits per heavy atom. The molecule has 6 heteroatoms. The zero-order chi connectivity index (χ0) is 13.9. The summed E-state index contributed by atoms with van der Waals surface area (Å²) in [7, 11) is -3.47. The molecule has 1 aliphatic rings. The molecule has 1 aliphatic heterocycles. The van der Waals surface area contributed by atoms with Gasteiger partial charge in [0.1, 0.15) is 4.90 Å². The lowest BCUT2D eigenvalue weighted by molar-refractivity contribution is 0.364. The molecule has 106 valence electrons. The third-order valence-electron chi connectivity index (χ3n) is 3.33. The van der Waals surface area contributed by atoms with Crippen molar-refractivity contribution in [3.05, 3.63) is 27.7 Å². The molecule has 1 heterocycles. The van der Waals surface area contributed by atoms with Crippen LogP contribution in [0.4, 0.5) is 0 Å². The van der Waals surface area contributed by atoms with Crippen LogP contribution in [0.2, 0.25) is 5.02 Å². The van der Waals surface area contributed by atoms with Crippen LogP contribution in [0.25, 0.3) is 0 Å². The zero-order valence-corrected chi connectivity index (χ0v) is 13.8. The van der Waals surface area contributed by atoms with Crippen LogP contribution in [0.3, 0.4) is 0 Å². The summed E-state index contributed by atoms with van der Waals surface area (Å²) in [6.45, 7) is 1.18. The van der Waals surface area contributed by atoms with E-state index in [9.17, 15) is 8.42 Å². The minimum Gasteiger partial charge on any atom is -0.207 e. The Labute approximate surface area is 128 Å². The smallest absolute Gasteiger partial charge is 0.207 e. The summed E-state index contributed by atoms with van der Waals surface area (Å²) >= 11 is 9.36. The standard InChI is InChI=1S/C13H17BrClNO2S/c14-11-6-7-13(12(15)10-11)19(17,18)16-8-4-2-1-3-5-9-16/h6-7,10H,1-5,8-9H2. The summed E-state index contributed by atoms with van der Waals surface area (Å²) in [4.78, 5) is 0.206. The van der Waals surface area contributed by atoms with Crippen molar-refractivity contribution < 1.29 is 8.42 Å². The van der Waals surface area contributed by atoms with Gasteiger partial charge in [-0.15, -0.1) is 0 Å². The van der Waals surface area contributed by atoms with Crippen LogP contribution >= 0.6 is 27.5 Å². The van der Waals surface area contributed by atoms with E-state index in [1.54, 1.807) is 22.5 Å². The maximum absolute atomic E-state index is 12.6. The SMILES string of the molecule is O=S(=O)(c1ccc(Br)cc1Cl)N1CCCCCCC1. The Hall–Kier alpha value is -0.100. The van der Waals surface area contributed by atoms with Crippen LogP contribution < -0.4 is 0 Å². The molecular formula is C13H17BrClNO2S. The number of hydrogen-bond acceptors (Lipinski definition) is 2. The number of rotatable bonds is 2. The predicted octanol–water partition coefficient (Wildman–Crippen LogP) is 4.06. The molecule has 0 radical (unpaired) electrons. The second kappa shape index (κ2) is 6.57. The topological polar surface area (TPSA) is 37.4 Å². The van der Waals surface area contributed by atoms with E-state index >= 15 is 0 Å². The van der Waals surface area contributed by atoms with Crippen LogP contribution in [-0.2, 0) is 10.0 Å². The van der Waals surface area contributed by atoms with Crippen molar-refractivity contribution in [1.82, 2.24) is 4.31 Å². The van der Waals surface area contributed by atoms with E-state index < -0.39 is 10.0 Å². The van der Waals surface area contributed by atoms with E-state index in [0.717, 1.165) is 30.2 Å². The molecular weight excluding hydrogens is 350 g/mol. The monoisotopic (exact) mass is 365 g/mol. The van der Waals surface area contributed by atoms with Crippen LogP contribution in [0.15, 0.2) is 27.6 Å². The average Bonchev–Trinajstić information content (AvgIpc) is 2.26. The fourth-order valence-electron chi connectivity index (χ4n) is 2.28. The van der Waals surface area contributed by atoms with Gasteiger partial charge in [-0.2, -0.15) is 4.31 Å². The highest BCUT2D eigenvalue weighted by atomic mass is 79.9. The third kappa shape index (κ3) is 3.72. The molecule has 1 aromatic carbocycles. The van der Waals surface area contributed by atoms with E-state index in [1.807, 2.05) is 0 Å². The van der Waals surface area contributed by atoms with Crippen molar-refractivity contribution in [3.63, 3.8) is 0 Å². The fourth-order valence-corrected chi connectivity index (χ4v) is 4.81. The fraction of sp³-hybridized carbons (Fsp3) is 0.538. The first kappa shape index (κ1) is 15.3. The van der Waals surface area contributed by atoms with E-state index in [0.29, 0.717) is 13.1 Å². The number of halogens is 2. The summed E-state index contributed by atoms with van der Waals surface area (Å²) in [5, 5.41) is 0.274. The molecule has 0 saturated carbocycles. The largest absolute Gasteiger partial charge is 0.244 e.